The first-order valence-electron chi connectivity index (χ1n) is 9.73. The number of aromatic nitrogens is 4. The standard InChI is InChI=1S/C21H22N6O4S/c1-21(2,3)27-12-13(11-22-27)23-19(28)15-6-4-5-7-16(15)26-32(30,31)14-8-9-17-18(10-14)25-20(29)24-17/h4-12,26H,1-3H3,(H,23,28)(H2,24,25,29). The first kappa shape index (κ1) is 21.4. The minimum Gasteiger partial charge on any atom is -0.319 e. The Hall–Kier alpha value is -3.86. The third kappa shape index (κ3) is 4.28. The fourth-order valence-corrected chi connectivity index (χ4v) is 4.21. The van der Waals surface area contributed by atoms with Crippen LogP contribution in [0.15, 0.2) is 64.5 Å². The van der Waals surface area contributed by atoms with Gasteiger partial charge in [-0.1, -0.05) is 12.1 Å². The fraction of sp³-hybridized carbons (Fsp3) is 0.190. The van der Waals surface area contributed by atoms with Crippen LogP contribution in [0.3, 0.4) is 0 Å². The van der Waals surface area contributed by atoms with Crippen LogP contribution in [-0.4, -0.2) is 34.1 Å². The first-order chi connectivity index (χ1) is 15.0. The zero-order chi connectivity index (χ0) is 23.1. The van der Waals surface area contributed by atoms with Crippen molar-refractivity contribution in [1.82, 2.24) is 19.7 Å². The summed E-state index contributed by atoms with van der Waals surface area (Å²) in [5.41, 5.74) is 0.932. The number of sulfonamides is 1. The minimum atomic E-state index is -4.02. The van der Waals surface area contributed by atoms with Crippen LogP contribution in [0.5, 0.6) is 0 Å². The fourth-order valence-electron chi connectivity index (χ4n) is 3.11. The van der Waals surface area contributed by atoms with Crippen LogP contribution >= 0.6 is 0 Å². The molecule has 32 heavy (non-hydrogen) atoms. The van der Waals surface area contributed by atoms with Crippen molar-refractivity contribution in [3.8, 4) is 0 Å². The van der Waals surface area contributed by atoms with E-state index in [1.807, 2.05) is 20.8 Å². The van der Waals surface area contributed by atoms with Gasteiger partial charge in [-0.05, 0) is 51.1 Å². The first-order valence-corrected chi connectivity index (χ1v) is 11.2. The van der Waals surface area contributed by atoms with E-state index in [-0.39, 0.29) is 21.7 Å². The van der Waals surface area contributed by atoms with Gasteiger partial charge in [0.25, 0.3) is 15.9 Å². The summed E-state index contributed by atoms with van der Waals surface area (Å²) in [7, 11) is -4.02. The molecular weight excluding hydrogens is 432 g/mol. The number of H-pyrrole nitrogens is 2. The number of imidazole rings is 1. The normalized spacial score (nSPS) is 12.1. The number of fused-ring (bicyclic) bond motifs is 1. The lowest BCUT2D eigenvalue weighted by Gasteiger charge is -2.18. The lowest BCUT2D eigenvalue weighted by atomic mass is 10.1. The number of anilines is 2. The van der Waals surface area contributed by atoms with Crippen LogP contribution in [0, 0.1) is 0 Å². The Morgan fingerprint density at radius 1 is 1.06 bits per heavy atom. The number of amides is 1. The average Bonchev–Trinajstić information content (AvgIpc) is 3.32. The van der Waals surface area contributed by atoms with Gasteiger partial charge in [0.2, 0.25) is 0 Å². The van der Waals surface area contributed by atoms with Gasteiger partial charge in [0.05, 0.1) is 44.6 Å². The molecule has 4 rings (SSSR count). The molecule has 1 amide bonds. The van der Waals surface area contributed by atoms with Crippen LogP contribution in [0.4, 0.5) is 11.4 Å². The van der Waals surface area contributed by atoms with Crippen LogP contribution < -0.4 is 15.7 Å². The zero-order valence-corrected chi connectivity index (χ0v) is 18.4. The molecule has 0 saturated heterocycles. The molecule has 10 nitrogen and oxygen atoms in total. The van der Waals surface area contributed by atoms with Gasteiger partial charge in [-0.15, -0.1) is 0 Å². The smallest absolute Gasteiger partial charge is 0.319 e. The lowest BCUT2D eigenvalue weighted by molar-refractivity contribution is 0.102. The Kier molecular flexibility index (Phi) is 5.13. The van der Waals surface area contributed by atoms with E-state index in [4.69, 9.17) is 0 Å². The Morgan fingerprint density at radius 3 is 2.50 bits per heavy atom. The highest BCUT2D eigenvalue weighted by Crippen LogP contribution is 2.23. The number of para-hydroxylation sites is 1. The van der Waals surface area contributed by atoms with Crippen molar-refractivity contribution in [3.63, 3.8) is 0 Å². The van der Waals surface area contributed by atoms with Crippen LogP contribution in [-0.2, 0) is 15.6 Å². The van der Waals surface area contributed by atoms with E-state index in [1.54, 1.807) is 23.0 Å². The summed E-state index contributed by atoms with van der Waals surface area (Å²) >= 11 is 0. The van der Waals surface area contributed by atoms with E-state index in [0.29, 0.717) is 16.7 Å². The minimum absolute atomic E-state index is 0.0538. The number of rotatable bonds is 5. The molecule has 0 radical (unpaired) electrons. The Labute approximate surface area is 183 Å². The molecule has 0 aliphatic rings. The topological polar surface area (TPSA) is 142 Å². The van der Waals surface area contributed by atoms with Crippen molar-refractivity contribution in [2.45, 2.75) is 31.2 Å². The molecule has 0 bridgehead atoms. The predicted octanol–water partition coefficient (Wildman–Crippen LogP) is 2.86. The summed E-state index contributed by atoms with van der Waals surface area (Å²) < 4.78 is 30.1. The SMILES string of the molecule is CC(C)(C)n1cc(NC(=O)c2ccccc2NS(=O)(=O)c2ccc3[nH]c(=O)[nH]c3c2)cn1. The molecule has 0 spiro atoms. The lowest BCUT2D eigenvalue weighted by Crippen LogP contribution is -2.22. The molecule has 0 unspecified atom stereocenters. The number of aromatic amines is 2. The van der Waals surface area contributed by atoms with Gasteiger partial charge >= 0.3 is 5.69 Å². The largest absolute Gasteiger partial charge is 0.323 e. The Bertz CT molecular complexity index is 1470. The molecule has 11 heteroatoms. The molecular formula is C21H22N6O4S. The Balaban J connectivity index is 1.60. The maximum atomic E-state index is 12.9. The highest BCUT2D eigenvalue weighted by Gasteiger charge is 2.20. The second-order valence-corrected chi connectivity index (χ2v) is 9.92. The number of hydrogen-bond donors (Lipinski definition) is 4. The summed E-state index contributed by atoms with van der Waals surface area (Å²) in [4.78, 5) is 29.3. The van der Waals surface area contributed by atoms with E-state index in [1.165, 1.54) is 36.5 Å². The van der Waals surface area contributed by atoms with E-state index in [2.05, 4.69) is 25.1 Å². The summed E-state index contributed by atoms with van der Waals surface area (Å²) in [6.07, 6.45) is 3.24. The third-order valence-corrected chi connectivity index (χ3v) is 6.10. The summed E-state index contributed by atoms with van der Waals surface area (Å²) in [6, 6.07) is 10.5. The summed E-state index contributed by atoms with van der Waals surface area (Å²) in [5, 5.41) is 6.99. The van der Waals surface area contributed by atoms with Gasteiger partial charge in [0.15, 0.2) is 0 Å². The van der Waals surface area contributed by atoms with Crippen LogP contribution in [0.2, 0.25) is 0 Å². The number of benzene rings is 2. The van der Waals surface area contributed by atoms with Crippen LogP contribution in [0.25, 0.3) is 11.0 Å². The molecule has 0 aliphatic heterocycles. The van der Waals surface area contributed by atoms with Crippen molar-refractivity contribution in [3.05, 3.63) is 70.9 Å². The van der Waals surface area contributed by atoms with Crippen LogP contribution in [0.1, 0.15) is 31.1 Å². The highest BCUT2D eigenvalue weighted by atomic mass is 32.2. The van der Waals surface area contributed by atoms with Crippen molar-refractivity contribution in [1.29, 1.82) is 0 Å². The van der Waals surface area contributed by atoms with Gasteiger partial charge in [-0.25, -0.2) is 13.2 Å². The van der Waals surface area contributed by atoms with Crippen molar-refractivity contribution >= 4 is 38.3 Å². The number of nitrogens with one attached hydrogen (secondary N) is 4. The van der Waals surface area contributed by atoms with E-state index in [9.17, 15) is 18.0 Å². The summed E-state index contributed by atoms with van der Waals surface area (Å²) in [5.74, 6) is -0.484. The van der Waals surface area contributed by atoms with Crippen molar-refractivity contribution in [2.24, 2.45) is 0 Å². The maximum Gasteiger partial charge on any atom is 0.323 e. The molecule has 2 aromatic carbocycles. The highest BCUT2D eigenvalue weighted by molar-refractivity contribution is 7.92. The number of carbonyl (C=O) groups is 1. The van der Waals surface area contributed by atoms with Crippen molar-refractivity contribution in [2.75, 3.05) is 10.0 Å². The Morgan fingerprint density at radius 2 is 1.78 bits per heavy atom. The van der Waals surface area contributed by atoms with Gasteiger partial charge < -0.3 is 15.3 Å². The molecule has 2 aromatic heterocycles. The number of nitrogens with zero attached hydrogens (tertiary/aromatic N) is 2. The van der Waals surface area contributed by atoms with E-state index >= 15 is 0 Å². The predicted molar refractivity (Wildman–Crippen MR) is 121 cm³/mol. The zero-order valence-electron chi connectivity index (χ0n) is 17.6. The summed E-state index contributed by atoms with van der Waals surface area (Å²) in [6.45, 7) is 5.95. The van der Waals surface area contributed by atoms with Gasteiger partial charge in [0, 0.05) is 6.20 Å². The van der Waals surface area contributed by atoms with Gasteiger partial charge in [-0.3, -0.25) is 14.2 Å². The average molecular weight is 455 g/mol. The molecule has 4 N–H and O–H groups in total. The second kappa shape index (κ2) is 7.68. The third-order valence-electron chi connectivity index (χ3n) is 4.74. The molecule has 0 fully saturated rings. The number of carbonyl (C=O) groups excluding carboxylic acids is 1. The molecule has 2 heterocycles. The van der Waals surface area contributed by atoms with Crippen molar-refractivity contribution < 1.29 is 13.2 Å². The molecule has 0 saturated carbocycles. The van der Waals surface area contributed by atoms with Gasteiger partial charge in [-0.2, -0.15) is 5.10 Å². The molecule has 0 aliphatic carbocycles. The van der Waals surface area contributed by atoms with Gasteiger partial charge in [0.1, 0.15) is 0 Å². The second-order valence-electron chi connectivity index (χ2n) is 8.24. The van der Waals surface area contributed by atoms with E-state index in [0.717, 1.165) is 0 Å². The molecule has 166 valence electrons. The quantitative estimate of drug-likeness (QED) is 0.367. The monoisotopic (exact) mass is 454 g/mol. The molecule has 4 aromatic rings. The number of hydrogen-bond acceptors (Lipinski definition) is 5. The van der Waals surface area contributed by atoms with E-state index < -0.39 is 21.6 Å². The molecule has 0 atom stereocenters. The maximum absolute atomic E-state index is 12.9.